The molecule has 2 nitrogen and oxygen atoms in total. The van der Waals surface area contributed by atoms with Gasteiger partial charge in [-0.05, 0) is 43.7 Å². The van der Waals surface area contributed by atoms with Gasteiger partial charge >= 0.3 is 0 Å². The van der Waals surface area contributed by atoms with Crippen LogP contribution in [0.2, 0.25) is 0 Å². The maximum absolute atomic E-state index is 5.07. The van der Waals surface area contributed by atoms with E-state index in [0.717, 1.165) is 15.7 Å². The first-order chi connectivity index (χ1) is 7.65. The number of nitrogens with one attached hydrogen (secondary N) is 1. The van der Waals surface area contributed by atoms with Gasteiger partial charge in [0.15, 0.2) is 0 Å². The second kappa shape index (κ2) is 4.74. The van der Waals surface area contributed by atoms with Gasteiger partial charge in [0.05, 0.1) is 18.6 Å². The molecule has 0 aliphatic heterocycles. The lowest BCUT2D eigenvalue weighted by atomic mass is 10.1. The molecule has 0 saturated heterocycles. The standard InChI is InChI=1S/C13H14BrNO/c1-9-5-12(14)7-13(6-9)15-10(2)11-3-4-16-8-11/h3-8,10,15H,1-2H3. The number of rotatable bonds is 3. The van der Waals surface area contributed by atoms with Gasteiger partial charge in [0, 0.05) is 15.7 Å². The van der Waals surface area contributed by atoms with E-state index in [1.807, 2.05) is 6.07 Å². The summed E-state index contributed by atoms with van der Waals surface area (Å²) in [4.78, 5) is 0. The summed E-state index contributed by atoms with van der Waals surface area (Å²) >= 11 is 3.49. The molecule has 0 bridgehead atoms. The minimum atomic E-state index is 0.243. The van der Waals surface area contributed by atoms with Gasteiger partial charge in [0.1, 0.15) is 0 Å². The Hall–Kier alpha value is -1.22. The molecule has 0 radical (unpaired) electrons. The molecular weight excluding hydrogens is 266 g/mol. The second-order valence-corrected chi connectivity index (χ2v) is 4.86. The molecule has 2 aromatic rings. The molecule has 3 heteroatoms. The quantitative estimate of drug-likeness (QED) is 0.894. The monoisotopic (exact) mass is 279 g/mol. The van der Waals surface area contributed by atoms with E-state index in [-0.39, 0.29) is 6.04 Å². The minimum Gasteiger partial charge on any atom is -0.472 e. The molecule has 1 aromatic heterocycles. The van der Waals surface area contributed by atoms with Crippen molar-refractivity contribution in [2.45, 2.75) is 19.9 Å². The van der Waals surface area contributed by atoms with Crippen LogP contribution in [-0.4, -0.2) is 0 Å². The van der Waals surface area contributed by atoms with Crippen LogP contribution in [0.3, 0.4) is 0 Å². The molecule has 1 aromatic carbocycles. The molecule has 1 atom stereocenters. The van der Waals surface area contributed by atoms with Crippen molar-refractivity contribution in [3.8, 4) is 0 Å². The predicted molar refractivity (Wildman–Crippen MR) is 69.6 cm³/mol. The van der Waals surface area contributed by atoms with E-state index in [1.165, 1.54) is 5.56 Å². The summed E-state index contributed by atoms with van der Waals surface area (Å²) in [6.07, 6.45) is 3.46. The molecule has 0 aliphatic carbocycles. The van der Waals surface area contributed by atoms with Crippen molar-refractivity contribution in [1.29, 1.82) is 0 Å². The van der Waals surface area contributed by atoms with Gasteiger partial charge in [0.25, 0.3) is 0 Å². The van der Waals surface area contributed by atoms with Gasteiger partial charge < -0.3 is 9.73 Å². The van der Waals surface area contributed by atoms with Crippen molar-refractivity contribution in [1.82, 2.24) is 0 Å². The van der Waals surface area contributed by atoms with Crippen LogP contribution in [-0.2, 0) is 0 Å². The van der Waals surface area contributed by atoms with Crippen LogP contribution in [0.5, 0.6) is 0 Å². The highest BCUT2D eigenvalue weighted by Gasteiger charge is 2.06. The lowest BCUT2D eigenvalue weighted by molar-refractivity contribution is 0.562. The minimum absolute atomic E-state index is 0.243. The number of furan rings is 1. The SMILES string of the molecule is Cc1cc(Br)cc(NC(C)c2ccoc2)c1. The number of hydrogen-bond acceptors (Lipinski definition) is 2. The first-order valence-electron chi connectivity index (χ1n) is 5.21. The highest BCUT2D eigenvalue weighted by atomic mass is 79.9. The average Bonchev–Trinajstić information content (AvgIpc) is 2.68. The van der Waals surface area contributed by atoms with Crippen LogP contribution in [0.1, 0.15) is 24.1 Å². The first kappa shape index (κ1) is 11.3. The normalized spacial score (nSPS) is 12.4. The van der Waals surface area contributed by atoms with Gasteiger partial charge in [-0.2, -0.15) is 0 Å². The maximum atomic E-state index is 5.07. The van der Waals surface area contributed by atoms with Crippen molar-refractivity contribution in [2.24, 2.45) is 0 Å². The summed E-state index contributed by atoms with van der Waals surface area (Å²) in [6, 6.07) is 8.51. The van der Waals surface area contributed by atoms with E-state index < -0.39 is 0 Å². The molecule has 84 valence electrons. The molecule has 1 heterocycles. The van der Waals surface area contributed by atoms with Gasteiger partial charge in [-0.15, -0.1) is 0 Å². The van der Waals surface area contributed by atoms with E-state index in [1.54, 1.807) is 12.5 Å². The Balaban J connectivity index is 2.15. The largest absolute Gasteiger partial charge is 0.472 e. The third-order valence-corrected chi connectivity index (χ3v) is 2.93. The zero-order valence-electron chi connectivity index (χ0n) is 9.33. The Morgan fingerprint density at radius 3 is 2.75 bits per heavy atom. The fourth-order valence-corrected chi connectivity index (χ4v) is 2.28. The average molecular weight is 280 g/mol. The summed E-state index contributed by atoms with van der Waals surface area (Å²) in [5, 5.41) is 3.44. The Bertz CT molecular complexity index is 445. The van der Waals surface area contributed by atoms with E-state index >= 15 is 0 Å². The highest BCUT2D eigenvalue weighted by molar-refractivity contribution is 9.10. The van der Waals surface area contributed by atoms with Crippen LogP contribution in [0.25, 0.3) is 0 Å². The molecule has 0 amide bonds. The molecule has 1 unspecified atom stereocenters. The summed E-state index contributed by atoms with van der Waals surface area (Å²) in [5.74, 6) is 0. The molecule has 0 aliphatic rings. The second-order valence-electron chi connectivity index (χ2n) is 3.94. The van der Waals surface area contributed by atoms with Gasteiger partial charge in [-0.1, -0.05) is 15.9 Å². The topological polar surface area (TPSA) is 25.2 Å². The molecule has 1 N–H and O–H groups in total. The third kappa shape index (κ3) is 2.67. The molecule has 0 spiro atoms. The van der Waals surface area contributed by atoms with Gasteiger partial charge in [0.2, 0.25) is 0 Å². The van der Waals surface area contributed by atoms with Crippen LogP contribution in [0.4, 0.5) is 5.69 Å². The Morgan fingerprint density at radius 2 is 2.12 bits per heavy atom. The van der Waals surface area contributed by atoms with E-state index in [2.05, 4.69) is 53.3 Å². The van der Waals surface area contributed by atoms with E-state index in [9.17, 15) is 0 Å². The molecule has 0 fully saturated rings. The van der Waals surface area contributed by atoms with Crippen molar-refractivity contribution in [2.75, 3.05) is 5.32 Å². The lowest BCUT2D eigenvalue weighted by Gasteiger charge is -2.14. The Labute approximate surface area is 104 Å². The number of halogens is 1. The third-order valence-electron chi connectivity index (χ3n) is 2.47. The van der Waals surface area contributed by atoms with Crippen LogP contribution in [0, 0.1) is 6.92 Å². The number of aryl methyl sites for hydroxylation is 1. The van der Waals surface area contributed by atoms with Gasteiger partial charge in [-0.3, -0.25) is 0 Å². The fourth-order valence-electron chi connectivity index (χ4n) is 1.67. The zero-order chi connectivity index (χ0) is 11.5. The lowest BCUT2D eigenvalue weighted by Crippen LogP contribution is -2.05. The summed E-state index contributed by atoms with van der Waals surface area (Å²) in [7, 11) is 0. The van der Waals surface area contributed by atoms with E-state index in [0.29, 0.717) is 0 Å². The number of anilines is 1. The van der Waals surface area contributed by atoms with Crippen LogP contribution in [0.15, 0.2) is 45.7 Å². The Morgan fingerprint density at radius 1 is 1.31 bits per heavy atom. The van der Waals surface area contributed by atoms with Crippen molar-refractivity contribution >= 4 is 21.6 Å². The van der Waals surface area contributed by atoms with Crippen LogP contribution >= 0.6 is 15.9 Å². The van der Waals surface area contributed by atoms with Crippen molar-refractivity contribution in [3.63, 3.8) is 0 Å². The first-order valence-corrected chi connectivity index (χ1v) is 6.00. The Kier molecular flexibility index (Phi) is 3.34. The zero-order valence-corrected chi connectivity index (χ0v) is 10.9. The predicted octanol–water partition coefficient (Wildman–Crippen LogP) is 4.52. The summed E-state index contributed by atoms with van der Waals surface area (Å²) in [6.45, 7) is 4.19. The maximum Gasteiger partial charge on any atom is 0.0955 e. The number of hydrogen-bond donors (Lipinski definition) is 1. The fraction of sp³-hybridized carbons (Fsp3) is 0.231. The molecule has 16 heavy (non-hydrogen) atoms. The van der Waals surface area contributed by atoms with Crippen molar-refractivity contribution in [3.05, 3.63) is 52.4 Å². The molecule has 2 rings (SSSR count). The number of benzene rings is 1. The van der Waals surface area contributed by atoms with Crippen LogP contribution < -0.4 is 5.32 Å². The van der Waals surface area contributed by atoms with Gasteiger partial charge in [-0.25, -0.2) is 0 Å². The van der Waals surface area contributed by atoms with Crippen molar-refractivity contribution < 1.29 is 4.42 Å². The molecular formula is C13H14BrNO. The molecule has 0 saturated carbocycles. The smallest absolute Gasteiger partial charge is 0.0955 e. The van der Waals surface area contributed by atoms with E-state index in [4.69, 9.17) is 4.42 Å². The summed E-state index contributed by atoms with van der Waals surface area (Å²) < 4.78 is 6.16. The summed E-state index contributed by atoms with van der Waals surface area (Å²) in [5.41, 5.74) is 3.49. The highest BCUT2D eigenvalue weighted by Crippen LogP contribution is 2.23.